The smallest absolute Gasteiger partial charge is 0.340 e. The van der Waals surface area contributed by atoms with Gasteiger partial charge >= 0.3 is 5.97 Å². The number of carbonyl (C=O) groups excluding carboxylic acids is 1. The van der Waals surface area contributed by atoms with Crippen LogP contribution in [0.1, 0.15) is 5.56 Å². The summed E-state index contributed by atoms with van der Waals surface area (Å²) in [7, 11) is 1.19. The third-order valence-electron chi connectivity index (χ3n) is 2.84. The molecule has 0 heterocycles. The Labute approximate surface area is 147 Å². The number of halogens is 2. The highest BCUT2D eigenvalue weighted by Gasteiger charge is 2.11. The van der Waals surface area contributed by atoms with E-state index in [0.29, 0.717) is 27.1 Å². The number of azide groups is 1. The zero-order chi connectivity index (χ0) is 17.5. The lowest BCUT2D eigenvalue weighted by atomic mass is 10.1. The summed E-state index contributed by atoms with van der Waals surface area (Å²) in [6.45, 7) is 0. The quantitative estimate of drug-likeness (QED) is 0.227. The standard InChI is InChI=1S/C16H11Cl2N3O3/c1-23-16(22)14(20-21-19)7-10-5-6-12(18)9-15(10)24-13-4-2-3-11(17)8-13/h2-9H,1H3/b14-7-. The van der Waals surface area contributed by atoms with Gasteiger partial charge in [0, 0.05) is 26.6 Å². The molecular formula is C16H11Cl2N3O3. The Hall–Kier alpha value is -2.66. The van der Waals surface area contributed by atoms with E-state index < -0.39 is 5.97 Å². The van der Waals surface area contributed by atoms with Crippen LogP contribution in [0.2, 0.25) is 10.0 Å². The van der Waals surface area contributed by atoms with Crippen LogP contribution >= 0.6 is 23.2 Å². The van der Waals surface area contributed by atoms with E-state index in [9.17, 15) is 4.79 Å². The summed E-state index contributed by atoms with van der Waals surface area (Å²) in [5, 5.41) is 4.28. The molecule has 0 spiro atoms. The molecule has 0 fully saturated rings. The summed E-state index contributed by atoms with van der Waals surface area (Å²) in [6, 6.07) is 11.6. The maximum atomic E-state index is 11.6. The van der Waals surface area contributed by atoms with Crippen molar-refractivity contribution in [2.24, 2.45) is 5.11 Å². The third-order valence-corrected chi connectivity index (χ3v) is 3.31. The number of hydrogen-bond donors (Lipinski definition) is 0. The van der Waals surface area contributed by atoms with E-state index in [1.165, 1.54) is 13.2 Å². The van der Waals surface area contributed by atoms with Crippen LogP contribution in [0, 0.1) is 0 Å². The number of ether oxygens (including phenoxy) is 2. The van der Waals surface area contributed by atoms with Crippen LogP contribution in [0.4, 0.5) is 0 Å². The molecule has 6 nitrogen and oxygen atoms in total. The fourth-order valence-electron chi connectivity index (χ4n) is 1.80. The van der Waals surface area contributed by atoms with Crippen molar-refractivity contribution in [3.63, 3.8) is 0 Å². The maximum Gasteiger partial charge on any atom is 0.340 e. The second-order valence-corrected chi connectivity index (χ2v) is 5.33. The normalized spacial score (nSPS) is 10.7. The van der Waals surface area contributed by atoms with Gasteiger partial charge < -0.3 is 9.47 Å². The van der Waals surface area contributed by atoms with E-state index in [0.717, 1.165) is 0 Å². The Morgan fingerprint density at radius 3 is 2.62 bits per heavy atom. The van der Waals surface area contributed by atoms with Crippen molar-refractivity contribution in [3.05, 3.63) is 74.2 Å². The highest BCUT2D eigenvalue weighted by Crippen LogP contribution is 2.31. The Morgan fingerprint density at radius 1 is 1.21 bits per heavy atom. The van der Waals surface area contributed by atoms with Gasteiger partial charge in [-0.25, -0.2) is 4.79 Å². The number of methoxy groups -OCH3 is 1. The van der Waals surface area contributed by atoms with Crippen molar-refractivity contribution in [2.75, 3.05) is 7.11 Å². The molecule has 0 aliphatic rings. The van der Waals surface area contributed by atoms with E-state index in [1.807, 2.05) is 0 Å². The number of nitrogens with zero attached hydrogens (tertiary/aromatic N) is 3. The van der Waals surface area contributed by atoms with Crippen molar-refractivity contribution < 1.29 is 14.3 Å². The van der Waals surface area contributed by atoms with Gasteiger partial charge in [-0.05, 0) is 41.9 Å². The van der Waals surface area contributed by atoms with Crippen molar-refractivity contribution in [3.8, 4) is 11.5 Å². The van der Waals surface area contributed by atoms with Gasteiger partial charge in [-0.3, -0.25) is 0 Å². The van der Waals surface area contributed by atoms with E-state index in [4.69, 9.17) is 33.5 Å². The van der Waals surface area contributed by atoms with Crippen molar-refractivity contribution >= 4 is 35.2 Å². The number of hydrogen-bond acceptors (Lipinski definition) is 4. The number of rotatable bonds is 5. The molecule has 0 aliphatic carbocycles. The Balaban J connectivity index is 2.47. The van der Waals surface area contributed by atoms with Gasteiger partial charge in [0.25, 0.3) is 0 Å². The fourth-order valence-corrected chi connectivity index (χ4v) is 2.14. The predicted molar refractivity (Wildman–Crippen MR) is 92.1 cm³/mol. The molecule has 0 radical (unpaired) electrons. The number of carbonyl (C=O) groups is 1. The van der Waals surface area contributed by atoms with Crippen LogP contribution in [-0.4, -0.2) is 13.1 Å². The summed E-state index contributed by atoms with van der Waals surface area (Å²) >= 11 is 11.9. The average molecular weight is 364 g/mol. The van der Waals surface area contributed by atoms with Crippen LogP contribution in [0.5, 0.6) is 11.5 Å². The molecule has 0 saturated heterocycles. The third kappa shape index (κ3) is 4.67. The van der Waals surface area contributed by atoms with Crippen molar-refractivity contribution in [1.82, 2.24) is 0 Å². The van der Waals surface area contributed by atoms with Gasteiger partial charge in [-0.15, -0.1) is 0 Å². The largest absolute Gasteiger partial charge is 0.466 e. The van der Waals surface area contributed by atoms with Crippen LogP contribution in [-0.2, 0) is 9.53 Å². The zero-order valence-corrected chi connectivity index (χ0v) is 14.0. The minimum Gasteiger partial charge on any atom is -0.466 e. The minimum atomic E-state index is -0.767. The molecule has 8 heteroatoms. The van der Waals surface area contributed by atoms with Gasteiger partial charge in [-0.1, -0.05) is 34.4 Å². The first-order valence-electron chi connectivity index (χ1n) is 6.61. The lowest BCUT2D eigenvalue weighted by Gasteiger charge is -2.10. The Bertz CT molecular complexity index is 846. The molecule has 2 aromatic carbocycles. The van der Waals surface area contributed by atoms with E-state index in [2.05, 4.69) is 14.8 Å². The van der Waals surface area contributed by atoms with Crippen molar-refractivity contribution in [2.45, 2.75) is 0 Å². The van der Waals surface area contributed by atoms with Gasteiger partial charge in [0.15, 0.2) is 0 Å². The van der Waals surface area contributed by atoms with E-state index in [-0.39, 0.29) is 5.70 Å². The lowest BCUT2D eigenvalue weighted by Crippen LogP contribution is -2.02. The first-order chi connectivity index (χ1) is 11.5. The number of benzene rings is 2. The second-order valence-electron chi connectivity index (χ2n) is 4.45. The fraction of sp³-hybridized carbons (Fsp3) is 0.0625. The summed E-state index contributed by atoms with van der Waals surface area (Å²) in [6.07, 6.45) is 1.35. The SMILES string of the molecule is COC(=O)/C(=C/c1ccc(Cl)cc1Oc1cccc(Cl)c1)N=[N+]=[N-]. The molecular weight excluding hydrogens is 353 g/mol. The van der Waals surface area contributed by atoms with Crippen LogP contribution in [0.25, 0.3) is 16.5 Å². The molecule has 0 bridgehead atoms. The van der Waals surface area contributed by atoms with Gasteiger partial charge in [0.2, 0.25) is 0 Å². The Morgan fingerprint density at radius 2 is 1.96 bits per heavy atom. The molecule has 0 unspecified atom stereocenters. The molecule has 0 amide bonds. The van der Waals surface area contributed by atoms with E-state index in [1.54, 1.807) is 42.5 Å². The zero-order valence-electron chi connectivity index (χ0n) is 12.4. The van der Waals surface area contributed by atoms with Crippen molar-refractivity contribution in [1.29, 1.82) is 0 Å². The molecule has 2 rings (SSSR count). The predicted octanol–water partition coefficient (Wildman–Crippen LogP) is 5.61. The molecule has 0 atom stereocenters. The first-order valence-corrected chi connectivity index (χ1v) is 7.37. The molecule has 2 aromatic rings. The van der Waals surface area contributed by atoms with Crippen LogP contribution in [0.15, 0.2) is 53.3 Å². The maximum absolute atomic E-state index is 11.6. The monoisotopic (exact) mass is 363 g/mol. The molecule has 0 saturated carbocycles. The number of esters is 1. The van der Waals surface area contributed by atoms with Crippen LogP contribution < -0.4 is 4.74 Å². The van der Waals surface area contributed by atoms with E-state index >= 15 is 0 Å². The van der Waals surface area contributed by atoms with Gasteiger partial charge in [0.1, 0.15) is 17.2 Å². The van der Waals surface area contributed by atoms with Gasteiger partial charge in [-0.2, -0.15) is 0 Å². The molecule has 24 heavy (non-hydrogen) atoms. The summed E-state index contributed by atoms with van der Waals surface area (Å²) in [4.78, 5) is 14.3. The molecule has 0 aliphatic heterocycles. The summed E-state index contributed by atoms with van der Waals surface area (Å²) < 4.78 is 10.3. The van der Waals surface area contributed by atoms with Gasteiger partial charge in [0.05, 0.1) is 7.11 Å². The summed E-state index contributed by atoms with van der Waals surface area (Å²) in [5.74, 6) is 0.0820. The highest BCUT2D eigenvalue weighted by molar-refractivity contribution is 6.31. The summed E-state index contributed by atoms with van der Waals surface area (Å²) in [5.41, 5.74) is 8.85. The molecule has 0 N–H and O–H groups in total. The average Bonchev–Trinajstić information content (AvgIpc) is 2.56. The van der Waals surface area contributed by atoms with Crippen LogP contribution in [0.3, 0.4) is 0 Å². The molecule has 0 aromatic heterocycles. The second kappa shape index (κ2) is 8.26. The lowest BCUT2D eigenvalue weighted by molar-refractivity contribution is -0.136. The molecule has 122 valence electrons. The minimum absolute atomic E-state index is 0.210. The topological polar surface area (TPSA) is 84.3 Å². The first kappa shape index (κ1) is 17.7. The highest BCUT2D eigenvalue weighted by atomic mass is 35.5. The Kier molecular flexibility index (Phi) is 6.09.